The average molecular weight is 842 g/mol. The zero-order chi connectivity index (χ0) is 44.2. The van der Waals surface area contributed by atoms with Crippen molar-refractivity contribution in [3.8, 4) is 0 Å². The first-order valence-corrected chi connectivity index (χ1v) is 21.0. The fourth-order valence-electron chi connectivity index (χ4n) is 8.12. The summed E-state index contributed by atoms with van der Waals surface area (Å²) in [6.07, 6.45) is -4.07. The second-order valence-electron chi connectivity index (χ2n) is 17.2. The number of likely N-dealkylation sites (N-methyl/N-ethyl adjacent to an activating group) is 1. The lowest BCUT2D eigenvalue weighted by atomic mass is 9.82. The predicted octanol–water partition coefficient (Wildman–Crippen LogP) is 3.40. The van der Waals surface area contributed by atoms with Gasteiger partial charge < -0.3 is 62.9 Å². The summed E-state index contributed by atoms with van der Waals surface area (Å²) in [6.45, 7) is 14.0. The van der Waals surface area contributed by atoms with E-state index in [9.17, 15) is 34.5 Å². The maximum Gasteiger partial charge on any atom is 0.309 e. The Hall–Kier alpha value is -2.80. The third-order valence-electron chi connectivity index (χ3n) is 11.2. The first kappa shape index (κ1) is 50.6. The van der Waals surface area contributed by atoms with Gasteiger partial charge in [-0.1, -0.05) is 52.0 Å². The zero-order valence-corrected chi connectivity index (χ0v) is 36.8. The third-order valence-corrected chi connectivity index (χ3v) is 11.2. The number of nitrogens with zero attached hydrogens (tertiary/aromatic N) is 1. The van der Waals surface area contributed by atoms with Crippen molar-refractivity contribution in [3.63, 3.8) is 0 Å². The molecular formula is C43H71NO15. The number of hydrogen-bond acceptors (Lipinski definition) is 16. The molecule has 3 N–H and O–H groups in total. The van der Waals surface area contributed by atoms with E-state index < -0.39 is 121 Å². The molecule has 16 nitrogen and oxygen atoms in total. The van der Waals surface area contributed by atoms with Gasteiger partial charge in [-0.2, -0.15) is 0 Å². The molecule has 0 bridgehead atoms. The van der Waals surface area contributed by atoms with E-state index in [1.54, 1.807) is 71.8 Å². The predicted molar refractivity (Wildman–Crippen MR) is 214 cm³/mol. The molecule has 0 spiro atoms. The van der Waals surface area contributed by atoms with Crippen LogP contribution in [-0.4, -0.2) is 151 Å². The van der Waals surface area contributed by atoms with E-state index in [4.69, 9.17) is 37.9 Å². The Morgan fingerprint density at radius 1 is 1.00 bits per heavy atom. The van der Waals surface area contributed by atoms with Gasteiger partial charge in [0.05, 0.1) is 36.9 Å². The molecule has 0 saturated carbocycles. The third kappa shape index (κ3) is 14.7. The quantitative estimate of drug-likeness (QED) is 0.138. The van der Waals surface area contributed by atoms with Crippen molar-refractivity contribution < 1.29 is 72.4 Å². The Kier molecular flexibility index (Phi) is 20.1. The number of allylic oxidation sites excluding steroid dienone is 2. The van der Waals surface area contributed by atoms with Crippen molar-refractivity contribution in [1.29, 1.82) is 0 Å². The van der Waals surface area contributed by atoms with Crippen LogP contribution in [0.4, 0.5) is 0 Å². The van der Waals surface area contributed by atoms with Crippen LogP contribution in [-0.2, 0) is 57.1 Å². The summed E-state index contributed by atoms with van der Waals surface area (Å²) in [5.74, 6) is -2.72. The summed E-state index contributed by atoms with van der Waals surface area (Å²) in [4.78, 5) is 52.8. The number of methoxy groups -OCH3 is 1. The molecule has 3 aliphatic rings. The Morgan fingerprint density at radius 3 is 2.29 bits per heavy atom. The topological polar surface area (TPSA) is 206 Å². The SMILES string of the molecule is CCC(=O)O[C@@H]1CC(=O)O[C@H](C)C/C=C/C=C\[C@H](O)[C@H](C)C[C@H](CC=O)[C@H](O[C@@H]2O[C@H](C)[C@@H](O[C@H]3C[C@@](C)(O)[C@@H](OC(=O)CC(C)C)[C@H](C)O3)[C@H](N(C)C)[C@H]2O)[C@H]1OC. The zero-order valence-electron chi connectivity index (χ0n) is 36.8. The van der Waals surface area contributed by atoms with Crippen molar-refractivity contribution in [1.82, 2.24) is 4.90 Å². The van der Waals surface area contributed by atoms with Crippen molar-refractivity contribution in [2.45, 2.75) is 186 Å². The minimum Gasteiger partial charge on any atom is -0.462 e. The van der Waals surface area contributed by atoms with Gasteiger partial charge in [0.1, 0.15) is 42.4 Å². The van der Waals surface area contributed by atoms with Gasteiger partial charge in [-0.15, -0.1) is 0 Å². The smallest absolute Gasteiger partial charge is 0.309 e. The average Bonchev–Trinajstić information content (AvgIpc) is 3.13. The fourth-order valence-corrected chi connectivity index (χ4v) is 8.12. The molecule has 0 radical (unpaired) electrons. The van der Waals surface area contributed by atoms with Crippen LogP contribution in [0.2, 0.25) is 0 Å². The minimum absolute atomic E-state index is 0.00123. The van der Waals surface area contributed by atoms with Crippen LogP contribution in [0.5, 0.6) is 0 Å². The molecule has 3 heterocycles. The molecule has 338 valence electrons. The van der Waals surface area contributed by atoms with Crippen LogP contribution in [0, 0.1) is 17.8 Å². The van der Waals surface area contributed by atoms with Gasteiger partial charge in [-0.25, -0.2) is 0 Å². The van der Waals surface area contributed by atoms with E-state index in [0.29, 0.717) is 6.42 Å². The highest BCUT2D eigenvalue weighted by Crippen LogP contribution is 2.38. The van der Waals surface area contributed by atoms with Crippen LogP contribution < -0.4 is 0 Å². The maximum absolute atomic E-state index is 13.3. The highest BCUT2D eigenvalue weighted by atomic mass is 16.7. The molecule has 59 heavy (non-hydrogen) atoms. The molecule has 16 atom stereocenters. The van der Waals surface area contributed by atoms with Crippen LogP contribution in [0.25, 0.3) is 0 Å². The minimum atomic E-state index is -1.50. The van der Waals surface area contributed by atoms with Crippen LogP contribution in [0.15, 0.2) is 24.3 Å². The fraction of sp³-hybridized carbons (Fsp3) is 0.814. The van der Waals surface area contributed by atoms with Gasteiger partial charge in [0.25, 0.3) is 0 Å². The standard InChI is InChI=1S/C43H71NO15/c1-12-32(47)56-31-22-34(49)53-26(5)16-14-13-15-17-30(46)25(4)21-29(18-19-45)39(40(31)52-11)59-42-37(50)36(44(9)10)38(27(6)55-42)58-35-23-43(8,51)41(28(7)54-35)57-33(48)20-24(2)3/h13-15,17,19,24-31,35-42,46,50-51H,12,16,18,20-23H2,1-11H3/b14-13+,17-15-/t25-,26-,27-,28+,29+,30+,31-,35+,36-,37-,38-,39+,40+,41+,42+,43-/m1/s1. The number of carbonyl (C=O) groups excluding carboxylic acids is 4. The molecule has 16 heteroatoms. The van der Waals surface area contributed by atoms with E-state index in [1.165, 1.54) is 7.11 Å². The molecule has 0 unspecified atom stereocenters. The lowest BCUT2D eigenvalue weighted by Gasteiger charge is -2.50. The van der Waals surface area contributed by atoms with Crippen molar-refractivity contribution in [2.24, 2.45) is 17.8 Å². The Balaban J connectivity index is 1.99. The van der Waals surface area contributed by atoms with Crippen molar-refractivity contribution in [2.75, 3.05) is 21.2 Å². The summed E-state index contributed by atoms with van der Waals surface area (Å²) in [7, 11) is 4.87. The largest absolute Gasteiger partial charge is 0.462 e. The number of rotatable bonds is 13. The highest BCUT2D eigenvalue weighted by molar-refractivity contribution is 5.72. The number of ether oxygens (including phenoxy) is 8. The van der Waals surface area contributed by atoms with E-state index in [1.807, 2.05) is 26.8 Å². The molecule has 0 aromatic rings. The van der Waals surface area contributed by atoms with Crippen LogP contribution >= 0.6 is 0 Å². The molecular weight excluding hydrogens is 770 g/mol. The number of esters is 3. The van der Waals surface area contributed by atoms with Gasteiger partial charge in [-0.3, -0.25) is 14.4 Å². The van der Waals surface area contributed by atoms with Crippen LogP contribution in [0.1, 0.15) is 100 Å². The summed E-state index contributed by atoms with van der Waals surface area (Å²) >= 11 is 0. The molecule has 2 fully saturated rings. The van der Waals surface area contributed by atoms with E-state index in [0.717, 1.165) is 6.29 Å². The lowest BCUT2D eigenvalue weighted by Crippen LogP contribution is -2.66. The van der Waals surface area contributed by atoms with Crippen molar-refractivity contribution >= 4 is 24.2 Å². The normalized spacial score (nSPS) is 40.2. The molecule has 0 amide bonds. The van der Waals surface area contributed by atoms with Gasteiger partial charge in [-0.05, 0) is 66.0 Å². The molecule has 0 aliphatic carbocycles. The molecule has 3 rings (SSSR count). The number of aliphatic hydroxyl groups is 3. The number of aldehydes is 1. The summed E-state index contributed by atoms with van der Waals surface area (Å²) < 4.78 is 48.9. The second-order valence-corrected chi connectivity index (χ2v) is 17.2. The van der Waals surface area contributed by atoms with E-state index in [-0.39, 0.29) is 38.0 Å². The monoisotopic (exact) mass is 841 g/mol. The second kappa shape index (κ2) is 23.4. The Morgan fingerprint density at radius 2 is 1.69 bits per heavy atom. The number of cyclic esters (lactones) is 1. The van der Waals surface area contributed by atoms with Gasteiger partial charge >= 0.3 is 17.9 Å². The number of aliphatic hydroxyl groups excluding tert-OH is 2. The van der Waals surface area contributed by atoms with E-state index in [2.05, 4.69) is 0 Å². The molecule has 3 aliphatic heterocycles. The first-order chi connectivity index (χ1) is 27.7. The van der Waals surface area contributed by atoms with Crippen molar-refractivity contribution in [3.05, 3.63) is 24.3 Å². The van der Waals surface area contributed by atoms with Gasteiger partial charge in [0.2, 0.25) is 0 Å². The summed E-state index contributed by atoms with van der Waals surface area (Å²) in [6, 6.07) is -0.782. The van der Waals surface area contributed by atoms with Gasteiger partial charge in [0, 0.05) is 39.2 Å². The Labute approximate surface area is 349 Å². The molecule has 2 saturated heterocycles. The number of hydrogen-bond donors (Lipinski definition) is 3. The van der Waals surface area contributed by atoms with Gasteiger partial charge in [0.15, 0.2) is 18.7 Å². The highest BCUT2D eigenvalue weighted by Gasteiger charge is 2.53. The Bertz CT molecular complexity index is 1400. The molecule has 0 aromatic carbocycles. The summed E-state index contributed by atoms with van der Waals surface area (Å²) in [5, 5.41) is 34.7. The molecule has 0 aromatic heterocycles. The maximum atomic E-state index is 13.3. The summed E-state index contributed by atoms with van der Waals surface area (Å²) in [5.41, 5.74) is -1.50. The lowest BCUT2D eigenvalue weighted by molar-refractivity contribution is -0.344. The van der Waals surface area contributed by atoms with Crippen LogP contribution in [0.3, 0.4) is 0 Å². The number of carbonyl (C=O) groups is 4. The van der Waals surface area contributed by atoms with E-state index >= 15 is 0 Å². The first-order valence-electron chi connectivity index (χ1n) is 21.0.